The van der Waals surface area contributed by atoms with Gasteiger partial charge in [0.2, 0.25) is 11.8 Å². The van der Waals surface area contributed by atoms with Crippen molar-refractivity contribution in [2.75, 3.05) is 13.6 Å². The first-order chi connectivity index (χ1) is 11.1. The molecule has 2 atom stereocenters. The van der Waals surface area contributed by atoms with Gasteiger partial charge in [-0.2, -0.15) is 18.3 Å². The van der Waals surface area contributed by atoms with Gasteiger partial charge in [0.1, 0.15) is 11.8 Å². The molecule has 24 heavy (non-hydrogen) atoms. The standard InChI is InChI=1S/C14H19F3N4O3/c1-8(22)18-9-3-5-11(14(15,16)17)21(7-9)13(24)10-4-6-12(23)20(2)19-10/h9,11H,3-7H2,1-2H3,(H,18,22)/t9-,11+/m1/s1. The molecular weight excluding hydrogens is 329 g/mol. The highest BCUT2D eigenvalue weighted by Gasteiger charge is 2.49. The predicted molar refractivity (Wildman–Crippen MR) is 77.8 cm³/mol. The second kappa shape index (κ2) is 6.78. The van der Waals surface area contributed by atoms with Crippen LogP contribution in [0.5, 0.6) is 0 Å². The van der Waals surface area contributed by atoms with Crippen molar-refractivity contribution < 1.29 is 27.6 Å². The second-order valence-electron chi connectivity index (χ2n) is 5.95. The van der Waals surface area contributed by atoms with Gasteiger partial charge in [0.15, 0.2) is 0 Å². The molecule has 2 aliphatic heterocycles. The minimum atomic E-state index is -4.56. The summed E-state index contributed by atoms with van der Waals surface area (Å²) in [5.41, 5.74) is -0.0742. The van der Waals surface area contributed by atoms with Gasteiger partial charge in [0, 0.05) is 39.4 Å². The summed E-state index contributed by atoms with van der Waals surface area (Å²) in [5.74, 6) is -1.50. The lowest BCUT2D eigenvalue weighted by molar-refractivity contribution is -0.194. The number of piperidine rings is 1. The van der Waals surface area contributed by atoms with Gasteiger partial charge in [0.05, 0.1) is 0 Å². The summed E-state index contributed by atoms with van der Waals surface area (Å²) in [4.78, 5) is 35.8. The number of carbonyl (C=O) groups excluding carboxylic acids is 3. The van der Waals surface area contributed by atoms with Gasteiger partial charge in [-0.1, -0.05) is 0 Å². The van der Waals surface area contributed by atoms with E-state index in [1.54, 1.807) is 0 Å². The van der Waals surface area contributed by atoms with Gasteiger partial charge in [-0.3, -0.25) is 14.4 Å². The Morgan fingerprint density at radius 2 is 1.92 bits per heavy atom. The Hall–Kier alpha value is -2.13. The molecule has 1 N–H and O–H groups in total. The summed E-state index contributed by atoms with van der Waals surface area (Å²) in [7, 11) is 1.35. The number of hydrogen-bond donors (Lipinski definition) is 1. The largest absolute Gasteiger partial charge is 0.408 e. The topological polar surface area (TPSA) is 82.1 Å². The number of alkyl halides is 3. The monoisotopic (exact) mass is 348 g/mol. The molecule has 0 spiro atoms. The molecule has 1 saturated heterocycles. The van der Waals surface area contributed by atoms with Crippen LogP contribution in [-0.2, 0) is 14.4 Å². The molecule has 0 aromatic carbocycles. The second-order valence-corrected chi connectivity index (χ2v) is 5.95. The van der Waals surface area contributed by atoms with Gasteiger partial charge in [-0.05, 0) is 12.8 Å². The first-order valence-electron chi connectivity index (χ1n) is 7.58. The van der Waals surface area contributed by atoms with Crippen molar-refractivity contribution in [1.29, 1.82) is 0 Å². The summed E-state index contributed by atoms with van der Waals surface area (Å²) in [6.07, 6.45) is -4.68. The van der Waals surface area contributed by atoms with E-state index in [9.17, 15) is 27.6 Å². The smallest absolute Gasteiger partial charge is 0.352 e. The average molecular weight is 348 g/mol. The summed E-state index contributed by atoms with van der Waals surface area (Å²) >= 11 is 0. The number of halogens is 3. The average Bonchev–Trinajstić information content (AvgIpc) is 2.47. The highest BCUT2D eigenvalue weighted by molar-refractivity contribution is 6.39. The van der Waals surface area contributed by atoms with Crippen LogP contribution in [0.1, 0.15) is 32.6 Å². The molecule has 0 saturated carbocycles. The van der Waals surface area contributed by atoms with E-state index in [0.717, 1.165) is 5.01 Å². The number of hydrogen-bond acceptors (Lipinski definition) is 4. The highest BCUT2D eigenvalue weighted by Crippen LogP contribution is 2.32. The zero-order valence-corrected chi connectivity index (χ0v) is 13.4. The molecule has 0 radical (unpaired) electrons. The van der Waals surface area contributed by atoms with Crippen LogP contribution in [0.2, 0.25) is 0 Å². The van der Waals surface area contributed by atoms with E-state index < -0.39 is 24.2 Å². The fourth-order valence-electron chi connectivity index (χ4n) is 2.93. The van der Waals surface area contributed by atoms with Crippen molar-refractivity contribution in [2.45, 2.75) is 50.9 Å². The lowest BCUT2D eigenvalue weighted by Gasteiger charge is -2.40. The Morgan fingerprint density at radius 1 is 1.25 bits per heavy atom. The fraction of sp³-hybridized carbons (Fsp3) is 0.714. The van der Waals surface area contributed by atoms with Gasteiger partial charge >= 0.3 is 6.18 Å². The van der Waals surface area contributed by atoms with Crippen molar-refractivity contribution in [1.82, 2.24) is 15.2 Å². The van der Waals surface area contributed by atoms with Gasteiger partial charge in [-0.15, -0.1) is 0 Å². The summed E-state index contributed by atoms with van der Waals surface area (Å²) in [6.45, 7) is 1.03. The van der Waals surface area contributed by atoms with Crippen molar-refractivity contribution in [2.24, 2.45) is 5.10 Å². The molecule has 0 aromatic rings. The van der Waals surface area contributed by atoms with Crippen molar-refractivity contribution >= 4 is 23.4 Å². The molecule has 0 bridgehead atoms. The molecule has 0 aromatic heterocycles. The third kappa shape index (κ3) is 4.04. The molecule has 0 unspecified atom stereocenters. The Morgan fingerprint density at radius 3 is 2.46 bits per heavy atom. The van der Waals surface area contributed by atoms with Crippen LogP contribution < -0.4 is 5.32 Å². The van der Waals surface area contributed by atoms with E-state index in [2.05, 4.69) is 10.4 Å². The maximum atomic E-state index is 13.3. The summed E-state index contributed by atoms with van der Waals surface area (Å²) in [6, 6.07) is -2.45. The first kappa shape index (κ1) is 18.2. The van der Waals surface area contributed by atoms with Crippen LogP contribution >= 0.6 is 0 Å². The number of likely N-dealkylation sites (tertiary alicyclic amines) is 1. The molecule has 3 amide bonds. The van der Waals surface area contributed by atoms with Crippen LogP contribution in [0.25, 0.3) is 0 Å². The molecular formula is C14H19F3N4O3. The molecule has 10 heteroatoms. The van der Waals surface area contributed by atoms with Crippen molar-refractivity contribution in [3.8, 4) is 0 Å². The van der Waals surface area contributed by atoms with Gasteiger partial charge in [-0.25, -0.2) is 5.01 Å². The van der Waals surface area contributed by atoms with Gasteiger partial charge in [0.25, 0.3) is 5.91 Å². The van der Waals surface area contributed by atoms with Crippen molar-refractivity contribution in [3.63, 3.8) is 0 Å². The molecule has 2 rings (SSSR count). The number of amides is 3. The third-order valence-corrected chi connectivity index (χ3v) is 4.08. The minimum absolute atomic E-state index is 0.00782. The zero-order valence-electron chi connectivity index (χ0n) is 13.4. The first-order valence-corrected chi connectivity index (χ1v) is 7.58. The van der Waals surface area contributed by atoms with Gasteiger partial charge < -0.3 is 10.2 Å². The van der Waals surface area contributed by atoms with E-state index in [-0.39, 0.29) is 49.8 Å². The lowest BCUT2D eigenvalue weighted by atomic mass is 9.96. The maximum Gasteiger partial charge on any atom is 0.408 e. The van der Waals surface area contributed by atoms with E-state index in [1.165, 1.54) is 14.0 Å². The van der Waals surface area contributed by atoms with Crippen LogP contribution in [0.4, 0.5) is 13.2 Å². The Bertz CT molecular complexity index is 576. The Balaban J connectivity index is 2.23. The van der Waals surface area contributed by atoms with E-state index >= 15 is 0 Å². The molecule has 2 aliphatic rings. The third-order valence-electron chi connectivity index (χ3n) is 4.08. The van der Waals surface area contributed by atoms with Crippen LogP contribution in [-0.4, -0.2) is 65.2 Å². The van der Waals surface area contributed by atoms with Crippen LogP contribution in [0.15, 0.2) is 5.10 Å². The SMILES string of the molecule is CC(=O)N[C@@H]1CC[C@@H](C(F)(F)F)N(C(=O)C2=NN(C)C(=O)CC2)C1. The van der Waals surface area contributed by atoms with Crippen LogP contribution in [0, 0.1) is 0 Å². The summed E-state index contributed by atoms with van der Waals surface area (Å²) in [5, 5.41) is 7.31. The Labute approximate surface area is 136 Å². The number of nitrogens with one attached hydrogen (secondary N) is 1. The molecule has 0 aliphatic carbocycles. The number of carbonyl (C=O) groups is 3. The lowest BCUT2D eigenvalue weighted by Crippen LogP contribution is -2.59. The maximum absolute atomic E-state index is 13.3. The van der Waals surface area contributed by atoms with Crippen molar-refractivity contribution in [3.05, 3.63) is 0 Å². The normalized spacial score (nSPS) is 25.4. The molecule has 1 fully saturated rings. The van der Waals surface area contributed by atoms with E-state index in [1.807, 2.05) is 0 Å². The predicted octanol–water partition coefficient (Wildman–Crippen LogP) is 0.653. The van der Waals surface area contributed by atoms with E-state index in [0.29, 0.717) is 4.90 Å². The molecule has 134 valence electrons. The fourth-order valence-corrected chi connectivity index (χ4v) is 2.93. The quantitative estimate of drug-likeness (QED) is 0.796. The molecule has 7 nitrogen and oxygen atoms in total. The zero-order chi connectivity index (χ0) is 18.1. The summed E-state index contributed by atoms with van der Waals surface area (Å²) < 4.78 is 39.8. The Kier molecular flexibility index (Phi) is 5.14. The number of nitrogens with zero attached hydrogens (tertiary/aromatic N) is 3. The van der Waals surface area contributed by atoms with Crippen LogP contribution in [0.3, 0.4) is 0 Å². The molecule has 2 heterocycles. The van der Waals surface area contributed by atoms with E-state index in [4.69, 9.17) is 0 Å². The highest BCUT2D eigenvalue weighted by atomic mass is 19.4. The number of rotatable bonds is 2. The minimum Gasteiger partial charge on any atom is -0.352 e. The number of hydrazone groups is 1.